The van der Waals surface area contributed by atoms with E-state index in [1.165, 1.54) is 0 Å². The lowest BCUT2D eigenvalue weighted by Gasteiger charge is -2.38. The van der Waals surface area contributed by atoms with Crippen molar-refractivity contribution in [1.29, 1.82) is 0 Å². The first-order chi connectivity index (χ1) is 7.52. The largest absolute Gasteiger partial charge is 0.481 e. The normalized spacial score (nSPS) is 30.6. The highest BCUT2D eigenvalue weighted by molar-refractivity contribution is 5.66. The molecule has 0 aliphatic carbocycles. The lowest BCUT2D eigenvalue weighted by atomic mass is 9.98. The summed E-state index contributed by atoms with van der Waals surface area (Å²) in [6.07, 6.45) is 2.82. The second-order valence-electron chi connectivity index (χ2n) is 4.65. The van der Waals surface area contributed by atoms with Crippen LogP contribution >= 0.6 is 0 Å². The molecular weight excluding hydrogens is 206 g/mol. The van der Waals surface area contributed by atoms with Gasteiger partial charge in [0.2, 0.25) is 0 Å². The minimum Gasteiger partial charge on any atom is -0.481 e. The van der Waals surface area contributed by atoms with Crippen LogP contribution < -0.4 is 0 Å². The SMILES string of the molecule is CCN(CCC(=O)O)C1CC(C)OC(C)C1. The summed E-state index contributed by atoms with van der Waals surface area (Å²) in [5.41, 5.74) is 0. The Balaban J connectivity index is 2.47. The van der Waals surface area contributed by atoms with E-state index < -0.39 is 5.97 Å². The summed E-state index contributed by atoms with van der Waals surface area (Å²) in [6, 6.07) is 0.475. The molecule has 0 bridgehead atoms. The van der Waals surface area contributed by atoms with Crippen LogP contribution in [0.1, 0.15) is 40.0 Å². The molecule has 1 heterocycles. The molecule has 0 aromatic heterocycles. The average Bonchev–Trinajstić information content (AvgIpc) is 2.16. The predicted octanol–water partition coefficient (Wildman–Crippen LogP) is 1.74. The number of carboxylic acid groups (broad SMARTS) is 1. The molecule has 0 amide bonds. The van der Waals surface area contributed by atoms with Gasteiger partial charge in [0.05, 0.1) is 18.6 Å². The van der Waals surface area contributed by atoms with Gasteiger partial charge in [-0.15, -0.1) is 0 Å². The number of rotatable bonds is 5. The molecule has 1 saturated heterocycles. The molecule has 0 aromatic rings. The van der Waals surface area contributed by atoms with Gasteiger partial charge in [-0.1, -0.05) is 6.92 Å². The van der Waals surface area contributed by atoms with Crippen molar-refractivity contribution in [3.05, 3.63) is 0 Å². The van der Waals surface area contributed by atoms with E-state index in [9.17, 15) is 4.79 Å². The molecule has 0 saturated carbocycles. The number of nitrogens with zero attached hydrogens (tertiary/aromatic N) is 1. The van der Waals surface area contributed by atoms with Crippen molar-refractivity contribution in [3.63, 3.8) is 0 Å². The second kappa shape index (κ2) is 6.21. The van der Waals surface area contributed by atoms with Gasteiger partial charge in [-0.25, -0.2) is 0 Å². The van der Waals surface area contributed by atoms with Crippen LogP contribution in [0.3, 0.4) is 0 Å². The molecule has 1 rings (SSSR count). The Hall–Kier alpha value is -0.610. The van der Waals surface area contributed by atoms with Crippen molar-refractivity contribution in [3.8, 4) is 0 Å². The summed E-state index contributed by atoms with van der Waals surface area (Å²) in [5, 5.41) is 8.71. The lowest BCUT2D eigenvalue weighted by Crippen LogP contribution is -2.44. The Labute approximate surface area is 97.6 Å². The Morgan fingerprint density at radius 1 is 1.38 bits per heavy atom. The highest BCUT2D eigenvalue weighted by atomic mass is 16.5. The Bertz CT molecular complexity index is 222. The first-order valence-electron chi connectivity index (χ1n) is 6.14. The van der Waals surface area contributed by atoms with Gasteiger partial charge < -0.3 is 9.84 Å². The first kappa shape index (κ1) is 13.5. The molecule has 1 N–H and O–H groups in total. The maximum Gasteiger partial charge on any atom is 0.304 e. The van der Waals surface area contributed by atoms with Crippen molar-refractivity contribution in [2.45, 2.75) is 58.3 Å². The summed E-state index contributed by atoms with van der Waals surface area (Å²) in [5.74, 6) is -0.716. The molecule has 16 heavy (non-hydrogen) atoms. The highest BCUT2D eigenvalue weighted by Crippen LogP contribution is 2.23. The number of hydrogen-bond donors (Lipinski definition) is 1. The third kappa shape index (κ3) is 4.10. The van der Waals surface area contributed by atoms with Gasteiger partial charge in [-0.05, 0) is 33.2 Å². The molecule has 1 fully saturated rings. The number of carbonyl (C=O) groups is 1. The molecule has 1 aliphatic rings. The van der Waals surface area contributed by atoms with E-state index in [1.54, 1.807) is 0 Å². The van der Waals surface area contributed by atoms with E-state index in [0.717, 1.165) is 19.4 Å². The van der Waals surface area contributed by atoms with Gasteiger partial charge in [-0.2, -0.15) is 0 Å². The minimum atomic E-state index is -0.716. The monoisotopic (exact) mass is 229 g/mol. The Kier molecular flexibility index (Phi) is 5.22. The molecule has 1 aliphatic heterocycles. The fourth-order valence-electron chi connectivity index (χ4n) is 2.51. The quantitative estimate of drug-likeness (QED) is 0.780. The fraction of sp³-hybridized carbons (Fsp3) is 0.917. The maximum atomic E-state index is 10.6. The third-order valence-corrected chi connectivity index (χ3v) is 3.21. The van der Waals surface area contributed by atoms with Gasteiger partial charge in [0, 0.05) is 12.6 Å². The second-order valence-corrected chi connectivity index (χ2v) is 4.65. The van der Waals surface area contributed by atoms with Gasteiger partial charge in [0.1, 0.15) is 0 Å². The van der Waals surface area contributed by atoms with Crippen LogP contribution in [0.2, 0.25) is 0 Å². The standard InChI is InChI=1S/C12H23NO3/c1-4-13(6-5-12(14)15)11-7-9(2)16-10(3)8-11/h9-11H,4-8H2,1-3H3,(H,14,15). The first-order valence-corrected chi connectivity index (χ1v) is 6.14. The molecule has 2 unspecified atom stereocenters. The van der Waals surface area contributed by atoms with Crippen LogP contribution in [0, 0.1) is 0 Å². The fourth-order valence-corrected chi connectivity index (χ4v) is 2.51. The average molecular weight is 229 g/mol. The number of carboxylic acids is 1. The van der Waals surface area contributed by atoms with Crippen LogP contribution in [0.5, 0.6) is 0 Å². The van der Waals surface area contributed by atoms with E-state index in [2.05, 4.69) is 25.7 Å². The third-order valence-electron chi connectivity index (χ3n) is 3.21. The number of hydrogen-bond acceptors (Lipinski definition) is 3. The summed E-state index contributed by atoms with van der Waals surface area (Å²) in [6.45, 7) is 7.83. The number of ether oxygens (including phenoxy) is 1. The van der Waals surface area contributed by atoms with Crippen molar-refractivity contribution in [1.82, 2.24) is 4.90 Å². The van der Waals surface area contributed by atoms with Gasteiger partial charge in [-0.3, -0.25) is 9.69 Å². The molecule has 4 nitrogen and oxygen atoms in total. The van der Waals surface area contributed by atoms with Crippen LogP contribution in [-0.2, 0) is 9.53 Å². The summed E-state index contributed by atoms with van der Waals surface area (Å²) >= 11 is 0. The van der Waals surface area contributed by atoms with Crippen LogP contribution in [0.25, 0.3) is 0 Å². The lowest BCUT2D eigenvalue weighted by molar-refractivity contribution is -0.137. The predicted molar refractivity (Wildman–Crippen MR) is 62.5 cm³/mol. The number of aliphatic carboxylic acids is 1. The van der Waals surface area contributed by atoms with Gasteiger partial charge in [0.25, 0.3) is 0 Å². The van der Waals surface area contributed by atoms with E-state index in [-0.39, 0.29) is 18.6 Å². The molecule has 4 heteroatoms. The molecule has 2 atom stereocenters. The zero-order valence-corrected chi connectivity index (χ0v) is 10.5. The Morgan fingerprint density at radius 3 is 2.38 bits per heavy atom. The van der Waals surface area contributed by atoms with Crippen molar-refractivity contribution in [2.75, 3.05) is 13.1 Å². The van der Waals surface area contributed by atoms with E-state index >= 15 is 0 Å². The van der Waals surface area contributed by atoms with E-state index in [1.807, 2.05) is 0 Å². The smallest absolute Gasteiger partial charge is 0.304 e. The van der Waals surface area contributed by atoms with Gasteiger partial charge in [0.15, 0.2) is 0 Å². The van der Waals surface area contributed by atoms with Crippen LogP contribution in [0.4, 0.5) is 0 Å². The minimum absolute atomic E-state index is 0.230. The summed E-state index contributed by atoms with van der Waals surface area (Å²) < 4.78 is 5.69. The van der Waals surface area contributed by atoms with Crippen LogP contribution in [-0.4, -0.2) is 47.3 Å². The van der Waals surface area contributed by atoms with Crippen LogP contribution in [0.15, 0.2) is 0 Å². The molecule has 0 aromatic carbocycles. The highest BCUT2D eigenvalue weighted by Gasteiger charge is 2.28. The van der Waals surface area contributed by atoms with Gasteiger partial charge >= 0.3 is 5.97 Å². The Morgan fingerprint density at radius 2 is 1.94 bits per heavy atom. The molecular formula is C12H23NO3. The zero-order valence-electron chi connectivity index (χ0n) is 10.5. The summed E-state index contributed by atoms with van der Waals surface area (Å²) in [4.78, 5) is 12.8. The van der Waals surface area contributed by atoms with E-state index in [0.29, 0.717) is 12.6 Å². The topological polar surface area (TPSA) is 49.8 Å². The molecule has 0 spiro atoms. The summed E-state index contributed by atoms with van der Waals surface area (Å²) in [7, 11) is 0. The van der Waals surface area contributed by atoms with Crippen molar-refractivity contribution < 1.29 is 14.6 Å². The van der Waals surface area contributed by atoms with Crippen molar-refractivity contribution >= 4 is 5.97 Å². The zero-order chi connectivity index (χ0) is 12.1. The van der Waals surface area contributed by atoms with E-state index in [4.69, 9.17) is 9.84 Å². The molecule has 94 valence electrons. The maximum absolute atomic E-state index is 10.6. The molecule has 0 radical (unpaired) electrons. The van der Waals surface area contributed by atoms with Crippen molar-refractivity contribution in [2.24, 2.45) is 0 Å².